The summed E-state index contributed by atoms with van der Waals surface area (Å²) >= 11 is 0. The molecule has 5 heteroatoms. The van der Waals surface area contributed by atoms with E-state index >= 15 is 0 Å². The van der Waals surface area contributed by atoms with Crippen LogP contribution in [-0.2, 0) is 13.0 Å². The fraction of sp³-hybridized carbons (Fsp3) is 0.846. The van der Waals surface area contributed by atoms with Gasteiger partial charge in [-0.1, -0.05) is 6.42 Å². The van der Waals surface area contributed by atoms with E-state index in [0.717, 1.165) is 36.5 Å². The maximum absolute atomic E-state index is 5.79. The number of nitrogens with one attached hydrogen (secondary N) is 1. The smallest absolute Gasteiger partial charge is 0.138 e. The summed E-state index contributed by atoms with van der Waals surface area (Å²) in [6, 6.07) is 0.356. The van der Waals surface area contributed by atoms with Crippen molar-refractivity contribution in [1.29, 1.82) is 0 Å². The summed E-state index contributed by atoms with van der Waals surface area (Å²) in [5.41, 5.74) is 3.04. The zero-order valence-corrected chi connectivity index (χ0v) is 11.0. The van der Waals surface area contributed by atoms with Gasteiger partial charge >= 0.3 is 0 Å². The molecule has 3 rings (SSSR count). The molecule has 2 saturated carbocycles. The number of hydrogen-bond acceptors (Lipinski definition) is 4. The summed E-state index contributed by atoms with van der Waals surface area (Å²) < 4.78 is 1.97. The molecule has 0 aliphatic heterocycles. The maximum Gasteiger partial charge on any atom is 0.138 e. The van der Waals surface area contributed by atoms with Crippen molar-refractivity contribution in [2.75, 3.05) is 0 Å². The van der Waals surface area contributed by atoms with Crippen LogP contribution in [0.15, 0.2) is 6.33 Å². The molecule has 0 amide bonds. The molecular formula is C13H23N5. The average Bonchev–Trinajstić information content (AvgIpc) is 3.11. The third-order valence-electron chi connectivity index (χ3n) is 4.92. The molecule has 0 radical (unpaired) electrons. The Morgan fingerprint density at radius 1 is 1.50 bits per heavy atom. The van der Waals surface area contributed by atoms with Crippen LogP contribution in [-0.4, -0.2) is 20.8 Å². The zero-order chi connectivity index (χ0) is 12.5. The second-order valence-electron chi connectivity index (χ2n) is 5.81. The first-order valence-corrected chi connectivity index (χ1v) is 7.14. The SMILES string of the molecule is CCn1ncnc1CC(NN)C1CC2CCC1C2. The minimum Gasteiger partial charge on any atom is -0.271 e. The molecule has 0 spiro atoms. The normalized spacial score (nSPS) is 32.0. The lowest BCUT2D eigenvalue weighted by atomic mass is 9.82. The van der Waals surface area contributed by atoms with E-state index in [1.807, 2.05) is 4.68 Å². The summed E-state index contributed by atoms with van der Waals surface area (Å²) in [4.78, 5) is 4.36. The Morgan fingerprint density at radius 3 is 3.00 bits per heavy atom. The van der Waals surface area contributed by atoms with Crippen LogP contribution in [0.5, 0.6) is 0 Å². The highest BCUT2D eigenvalue weighted by molar-refractivity contribution is 4.99. The zero-order valence-electron chi connectivity index (χ0n) is 11.0. The highest BCUT2D eigenvalue weighted by Gasteiger charge is 2.43. The summed E-state index contributed by atoms with van der Waals surface area (Å²) in [7, 11) is 0. The van der Waals surface area contributed by atoms with E-state index in [-0.39, 0.29) is 0 Å². The predicted molar refractivity (Wildman–Crippen MR) is 69.4 cm³/mol. The van der Waals surface area contributed by atoms with Gasteiger partial charge in [-0.2, -0.15) is 5.10 Å². The number of aryl methyl sites for hydroxylation is 1. The number of nitrogens with zero attached hydrogens (tertiary/aromatic N) is 3. The third kappa shape index (κ3) is 2.06. The monoisotopic (exact) mass is 249 g/mol. The van der Waals surface area contributed by atoms with E-state index < -0.39 is 0 Å². The first kappa shape index (κ1) is 12.1. The molecule has 1 aromatic rings. The highest BCUT2D eigenvalue weighted by Crippen LogP contribution is 2.49. The van der Waals surface area contributed by atoms with Crippen molar-refractivity contribution in [2.24, 2.45) is 23.6 Å². The first-order chi connectivity index (χ1) is 8.81. The molecule has 2 bridgehead atoms. The molecule has 4 atom stereocenters. The minimum absolute atomic E-state index is 0.356. The standard InChI is InChI=1S/C13H23N5/c1-2-18-13(15-8-16-18)7-12(17-14)11-6-9-3-4-10(11)5-9/h8-12,17H,2-7,14H2,1H3. The van der Waals surface area contributed by atoms with Crippen LogP contribution in [0, 0.1) is 17.8 Å². The number of fused-ring (bicyclic) bond motifs is 2. The predicted octanol–water partition coefficient (Wildman–Crippen LogP) is 1.11. The van der Waals surface area contributed by atoms with Gasteiger partial charge in [-0.05, 0) is 43.9 Å². The van der Waals surface area contributed by atoms with Gasteiger partial charge in [0.15, 0.2) is 0 Å². The Morgan fingerprint density at radius 2 is 2.39 bits per heavy atom. The van der Waals surface area contributed by atoms with Crippen molar-refractivity contribution in [1.82, 2.24) is 20.2 Å². The van der Waals surface area contributed by atoms with E-state index in [4.69, 9.17) is 5.84 Å². The number of nitrogens with two attached hydrogens (primary N) is 1. The van der Waals surface area contributed by atoms with Crippen LogP contribution in [0.4, 0.5) is 0 Å². The summed E-state index contributed by atoms with van der Waals surface area (Å²) in [5, 5.41) is 4.23. The molecule has 1 aromatic heterocycles. The lowest BCUT2D eigenvalue weighted by Gasteiger charge is -2.29. The fourth-order valence-corrected chi connectivity index (χ4v) is 4.03. The van der Waals surface area contributed by atoms with Gasteiger partial charge in [0, 0.05) is 19.0 Å². The molecule has 0 aromatic carbocycles. The van der Waals surface area contributed by atoms with Gasteiger partial charge < -0.3 is 0 Å². The molecule has 2 aliphatic rings. The Balaban J connectivity index is 1.69. The van der Waals surface area contributed by atoms with Crippen LogP contribution < -0.4 is 11.3 Å². The van der Waals surface area contributed by atoms with Crippen LogP contribution in [0.25, 0.3) is 0 Å². The Labute approximate surface area is 108 Å². The van der Waals surface area contributed by atoms with Crippen molar-refractivity contribution >= 4 is 0 Å². The van der Waals surface area contributed by atoms with Crippen LogP contribution in [0.1, 0.15) is 38.4 Å². The Kier molecular flexibility index (Phi) is 3.35. The Bertz CT molecular complexity index is 402. The third-order valence-corrected chi connectivity index (χ3v) is 4.92. The maximum atomic E-state index is 5.79. The minimum atomic E-state index is 0.356. The molecule has 2 aliphatic carbocycles. The molecule has 2 fully saturated rings. The molecule has 4 unspecified atom stereocenters. The van der Waals surface area contributed by atoms with E-state index in [2.05, 4.69) is 22.4 Å². The van der Waals surface area contributed by atoms with E-state index in [0.29, 0.717) is 6.04 Å². The number of rotatable bonds is 5. The molecule has 18 heavy (non-hydrogen) atoms. The summed E-state index contributed by atoms with van der Waals surface area (Å²) in [6.07, 6.45) is 8.14. The molecular weight excluding hydrogens is 226 g/mol. The van der Waals surface area contributed by atoms with Crippen molar-refractivity contribution in [3.8, 4) is 0 Å². The molecule has 5 nitrogen and oxygen atoms in total. The molecule has 100 valence electrons. The molecule has 0 saturated heterocycles. The van der Waals surface area contributed by atoms with Gasteiger partial charge in [-0.25, -0.2) is 4.98 Å². The topological polar surface area (TPSA) is 68.8 Å². The van der Waals surface area contributed by atoms with Crippen LogP contribution >= 0.6 is 0 Å². The second kappa shape index (κ2) is 4.97. The first-order valence-electron chi connectivity index (χ1n) is 7.14. The van der Waals surface area contributed by atoms with Crippen LogP contribution in [0.3, 0.4) is 0 Å². The lowest BCUT2D eigenvalue weighted by molar-refractivity contribution is 0.244. The fourth-order valence-electron chi connectivity index (χ4n) is 4.03. The van der Waals surface area contributed by atoms with Crippen molar-refractivity contribution in [3.63, 3.8) is 0 Å². The van der Waals surface area contributed by atoms with Crippen molar-refractivity contribution < 1.29 is 0 Å². The average molecular weight is 249 g/mol. The van der Waals surface area contributed by atoms with Gasteiger partial charge in [0.2, 0.25) is 0 Å². The van der Waals surface area contributed by atoms with Crippen molar-refractivity contribution in [2.45, 2.75) is 51.6 Å². The summed E-state index contributed by atoms with van der Waals surface area (Å²) in [5.74, 6) is 9.42. The number of hydrazine groups is 1. The Hall–Kier alpha value is -0.940. The molecule has 1 heterocycles. The van der Waals surface area contributed by atoms with Crippen molar-refractivity contribution in [3.05, 3.63) is 12.2 Å². The van der Waals surface area contributed by atoms with Gasteiger partial charge in [0.25, 0.3) is 0 Å². The van der Waals surface area contributed by atoms with Gasteiger partial charge in [-0.15, -0.1) is 0 Å². The number of hydrogen-bond donors (Lipinski definition) is 2. The quantitative estimate of drug-likeness (QED) is 0.606. The summed E-state index contributed by atoms with van der Waals surface area (Å²) in [6.45, 7) is 2.98. The van der Waals surface area contributed by atoms with E-state index in [1.165, 1.54) is 25.7 Å². The van der Waals surface area contributed by atoms with E-state index in [1.54, 1.807) is 6.33 Å². The molecule has 3 N–H and O–H groups in total. The van der Waals surface area contributed by atoms with Gasteiger partial charge in [-0.3, -0.25) is 16.0 Å². The largest absolute Gasteiger partial charge is 0.271 e. The van der Waals surface area contributed by atoms with Crippen LogP contribution in [0.2, 0.25) is 0 Å². The lowest BCUT2D eigenvalue weighted by Crippen LogP contribution is -2.44. The van der Waals surface area contributed by atoms with Gasteiger partial charge in [0.05, 0.1) is 0 Å². The highest BCUT2D eigenvalue weighted by atomic mass is 15.3. The second-order valence-corrected chi connectivity index (χ2v) is 5.81. The van der Waals surface area contributed by atoms with Gasteiger partial charge in [0.1, 0.15) is 12.2 Å². The number of aromatic nitrogens is 3. The van der Waals surface area contributed by atoms with E-state index in [9.17, 15) is 0 Å².